The number of rotatable bonds is 6. The zero-order chi connectivity index (χ0) is 15.2. The van der Waals surface area contributed by atoms with Crippen LogP contribution in [0.5, 0.6) is 0 Å². The number of methoxy groups -OCH3 is 1. The van der Waals surface area contributed by atoms with Gasteiger partial charge in [-0.3, -0.25) is 4.79 Å². The summed E-state index contributed by atoms with van der Waals surface area (Å²) in [5.74, 6) is -0.752. The summed E-state index contributed by atoms with van der Waals surface area (Å²) in [5, 5.41) is 1.96. The molecule has 0 aliphatic rings. The lowest BCUT2D eigenvalue weighted by Gasteiger charge is -2.22. The molecule has 1 aromatic heterocycles. The number of amides is 1. The number of carbonyl (C=O) groups excluding carboxylic acids is 1. The standard InChI is InChI=1S/C16H18FNO2S/c1-12-5-3-7-14(15(12)17)16(19)18(8-9-20-2)11-13-6-4-10-21-13/h3-7,10H,8-9,11H2,1-2H3. The molecule has 5 heteroatoms. The number of benzene rings is 1. The molecule has 0 aliphatic heterocycles. The lowest BCUT2D eigenvalue weighted by molar-refractivity contribution is 0.0677. The molecule has 0 bridgehead atoms. The molecular formula is C16H18FNO2S. The van der Waals surface area contributed by atoms with Crippen molar-refractivity contribution in [3.05, 3.63) is 57.5 Å². The third-order valence-corrected chi connectivity index (χ3v) is 4.06. The first-order chi connectivity index (χ1) is 10.1. The van der Waals surface area contributed by atoms with Crippen LogP contribution in [0.25, 0.3) is 0 Å². The Kier molecular flexibility index (Phi) is 5.47. The van der Waals surface area contributed by atoms with E-state index in [0.717, 1.165) is 4.88 Å². The minimum atomic E-state index is -0.448. The Bertz CT molecular complexity index is 598. The fraction of sp³-hybridized carbons (Fsp3) is 0.312. The monoisotopic (exact) mass is 307 g/mol. The minimum absolute atomic E-state index is 0.114. The second-order valence-corrected chi connectivity index (χ2v) is 5.77. The topological polar surface area (TPSA) is 29.5 Å². The van der Waals surface area contributed by atoms with Crippen molar-refractivity contribution in [2.45, 2.75) is 13.5 Å². The first-order valence-electron chi connectivity index (χ1n) is 6.69. The number of hydrogen-bond donors (Lipinski definition) is 0. The van der Waals surface area contributed by atoms with Gasteiger partial charge >= 0.3 is 0 Å². The van der Waals surface area contributed by atoms with E-state index < -0.39 is 5.82 Å². The zero-order valence-corrected chi connectivity index (χ0v) is 13.0. The maximum atomic E-state index is 14.1. The van der Waals surface area contributed by atoms with E-state index in [1.807, 2.05) is 17.5 Å². The van der Waals surface area contributed by atoms with Crippen molar-refractivity contribution in [2.24, 2.45) is 0 Å². The van der Waals surface area contributed by atoms with Gasteiger partial charge in [-0.1, -0.05) is 18.2 Å². The molecule has 0 unspecified atom stereocenters. The average molecular weight is 307 g/mol. The smallest absolute Gasteiger partial charge is 0.257 e. The van der Waals surface area contributed by atoms with Gasteiger partial charge in [-0.25, -0.2) is 4.39 Å². The summed E-state index contributed by atoms with van der Waals surface area (Å²) in [6.45, 7) is 2.98. The molecule has 21 heavy (non-hydrogen) atoms. The normalized spacial score (nSPS) is 10.6. The van der Waals surface area contributed by atoms with Gasteiger partial charge in [-0.2, -0.15) is 0 Å². The van der Waals surface area contributed by atoms with E-state index in [9.17, 15) is 9.18 Å². The molecule has 0 saturated carbocycles. The molecular weight excluding hydrogens is 289 g/mol. The SMILES string of the molecule is COCCN(Cc1cccs1)C(=O)c1cccc(C)c1F. The van der Waals surface area contributed by atoms with E-state index in [0.29, 0.717) is 25.3 Å². The quantitative estimate of drug-likeness (QED) is 0.817. The third-order valence-electron chi connectivity index (χ3n) is 3.20. The average Bonchev–Trinajstić information content (AvgIpc) is 2.98. The highest BCUT2D eigenvalue weighted by atomic mass is 32.1. The predicted molar refractivity (Wildman–Crippen MR) is 82.1 cm³/mol. The third kappa shape index (κ3) is 3.89. The molecule has 0 saturated heterocycles. The highest BCUT2D eigenvalue weighted by molar-refractivity contribution is 7.09. The Hall–Kier alpha value is -1.72. The number of hydrogen-bond acceptors (Lipinski definition) is 3. The van der Waals surface area contributed by atoms with E-state index >= 15 is 0 Å². The van der Waals surface area contributed by atoms with Crippen molar-refractivity contribution in [1.29, 1.82) is 0 Å². The van der Waals surface area contributed by atoms with Crippen molar-refractivity contribution >= 4 is 17.2 Å². The Morgan fingerprint density at radius 1 is 1.33 bits per heavy atom. The van der Waals surface area contributed by atoms with Gasteiger partial charge in [0.1, 0.15) is 5.82 Å². The molecule has 1 aromatic carbocycles. The molecule has 0 aliphatic carbocycles. The van der Waals surface area contributed by atoms with Crippen LogP contribution in [-0.4, -0.2) is 31.1 Å². The van der Waals surface area contributed by atoms with Crippen LogP contribution in [0.4, 0.5) is 4.39 Å². The first-order valence-corrected chi connectivity index (χ1v) is 7.57. The zero-order valence-electron chi connectivity index (χ0n) is 12.1. The molecule has 0 N–H and O–H groups in total. The van der Waals surface area contributed by atoms with Gasteiger partial charge in [0.25, 0.3) is 5.91 Å². The molecule has 112 valence electrons. The van der Waals surface area contributed by atoms with Crippen LogP contribution in [-0.2, 0) is 11.3 Å². The summed E-state index contributed by atoms with van der Waals surface area (Å²) >= 11 is 1.58. The lowest BCUT2D eigenvalue weighted by atomic mass is 10.1. The van der Waals surface area contributed by atoms with Crippen LogP contribution in [0.15, 0.2) is 35.7 Å². The van der Waals surface area contributed by atoms with E-state index in [1.54, 1.807) is 42.4 Å². The van der Waals surface area contributed by atoms with E-state index in [2.05, 4.69) is 0 Å². The van der Waals surface area contributed by atoms with Crippen LogP contribution >= 0.6 is 11.3 Å². The van der Waals surface area contributed by atoms with Gasteiger partial charge in [0, 0.05) is 18.5 Å². The molecule has 0 radical (unpaired) electrons. The number of nitrogens with zero attached hydrogens (tertiary/aromatic N) is 1. The number of thiophene rings is 1. The number of carbonyl (C=O) groups is 1. The second kappa shape index (κ2) is 7.33. The highest BCUT2D eigenvalue weighted by Gasteiger charge is 2.20. The van der Waals surface area contributed by atoms with E-state index in [4.69, 9.17) is 4.74 Å². The molecule has 1 heterocycles. The number of halogens is 1. The summed E-state index contributed by atoms with van der Waals surface area (Å²) in [6, 6.07) is 8.78. The Balaban J connectivity index is 2.22. The fourth-order valence-electron chi connectivity index (χ4n) is 2.03. The van der Waals surface area contributed by atoms with Crippen molar-refractivity contribution in [3.8, 4) is 0 Å². The first kappa shape index (κ1) is 15.7. The molecule has 2 aromatic rings. The molecule has 2 rings (SSSR count). The maximum Gasteiger partial charge on any atom is 0.257 e. The largest absolute Gasteiger partial charge is 0.383 e. The van der Waals surface area contributed by atoms with Gasteiger partial charge in [-0.05, 0) is 30.0 Å². The van der Waals surface area contributed by atoms with Crippen molar-refractivity contribution in [1.82, 2.24) is 4.90 Å². The summed E-state index contributed by atoms with van der Waals surface area (Å²) in [5.41, 5.74) is 0.589. The van der Waals surface area contributed by atoms with Crippen LogP contribution in [0.1, 0.15) is 20.8 Å². The fourth-order valence-corrected chi connectivity index (χ4v) is 2.75. The Labute approximate surface area is 128 Å². The summed E-state index contributed by atoms with van der Waals surface area (Å²) in [6.07, 6.45) is 0. The van der Waals surface area contributed by atoms with Gasteiger partial charge in [0.15, 0.2) is 0 Å². The molecule has 1 amide bonds. The van der Waals surface area contributed by atoms with Crippen molar-refractivity contribution in [3.63, 3.8) is 0 Å². The van der Waals surface area contributed by atoms with E-state index in [-0.39, 0.29) is 11.5 Å². The number of aryl methyl sites for hydroxylation is 1. The molecule has 0 atom stereocenters. The van der Waals surface area contributed by atoms with Crippen LogP contribution in [0, 0.1) is 12.7 Å². The van der Waals surface area contributed by atoms with Crippen LogP contribution in [0.2, 0.25) is 0 Å². The van der Waals surface area contributed by atoms with Crippen molar-refractivity contribution < 1.29 is 13.9 Å². The molecule has 0 spiro atoms. The van der Waals surface area contributed by atoms with Gasteiger partial charge in [-0.15, -0.1) is 11.3 Å². The highest BCUT2D eigenvalue weighted by Crippen LogP contribution is 2.17. The molecule has 3 nitrogen and oxygen atoms in total. The second-order valence-electron chi connectivity index (χ2n) is 4.74. The van der Waals surface area contributed by atoms with Gasteiger partial charge in [0.2, 0.25) is 0 Å². The predicted octanol–water partition coefficient (Wildman–Crippen LogP) is 3.48. The molecule has 0 fully saturated rings. The number of ether oxygens (including phenoxy) is 1. The van der Waals surface area contributed by atoms with E-state index in [1.165, 1.54) is 6.07 Å². The summed E-state index contributed by atoms with van der Waals surface area (Å²) in [7, 11) is 1.58. The van der Waals surface area contributed by atoms with Crippen LogP contribution in [0.3, 0.4) is 0 Å². The van der Waals surface area contributed by atoms with Crippen LogP contribution < -0.4 is 0 Å². The summed E-state index contributed by atoms with van der Waals surface area (Å²) in [4.78, 5) is 15.3. The summed E-state index contributed by atoms with van der Waals surface area (Å²) < 4.78 is 19.2. The minimum Gasteiger partial charge on any atom is -0.383 e. The lowest BCUT2D eigenvalue weighted by Crippen LogP contribution is -2.33. The Morgan fingerprint density at radius 2 is 2.14 bits per heavy atom. The van der Waals surface area contributed by atoms with Gasteiger partial charge < -0.3 is 9.64 Å². The maximum absolute atomic E-state index is 14.1. The Morgan fingerprint density at radius 3 is 2.81 bits per heavy atom. The van der Waals surface area contributed by atoms with Crippen molar-refractivity contribution in [2.75, 3.05) is 20.3 Å². The van der Waals surface area contributed by atoms with Gasteiger partial charge in [0.05, 0.1) is 18.7 Å².